The third kappa shape index (κ3) is 4.29. The number of halogens is 2. The predicted molar refractivity (Wildman–Crippen MR) is 98.5 cm³/mol. The van der Waals surface area contributed by atoms with Gasteiger partial charge in [0.05, 0.1) is 18.1 Å². The Bertz CT molecular complexity index is 901. The average molecular weight is 375 g/mol. The number of alkyl halides is 2. The van der Waals surface area contributed by atoms with Gasteiger partial charge in [0.1, 0.15) is 5.69 Å². The van der Waals surface area contributed by atoms with Gasteiger partial charge in [-0.15, -0.1) is 0 Å². The normalized spacial score (nSPS) is 11.3. The summed E-state index contributed by atoms with van der Waals surface area (Å²) >= 11 is 0. The lowest BCUT2D eigenvalue weighted by molar-refractivity contribution is 0.146. The highest BCUT2D eigenvalue weighted by molar-refractivity contribution is 5.62. The molecule has 144 valence electrons. The van der Waals surface area contributed by atoms with Crippen LogP contribution in [0.1, 0.15) is 43.6 Å². The molecule has 3 aromatic rings. The number of aryl methyl sites for hydroxylation is 2. The van der Waals surface area contributed by atoms with Gasteiger partial charge in [-0.1, -0.05) is 6.92 Å². The number of anilines is 1. The van der Waals surface area contributed by atoms with E-state index >= 15 is 0 Å². The molecule has 3 rings (SSSR count). The molecule has 0 saturated heterocycles. The maximum Gasteiger partial charge on any atom is 0.280 e. The van der Waals surface area contributed by atoms with Crippen LogP contribution in [0.25, 0.3) is 11.3 Å². The van der Waals surface area contributed by atoms with Gasteiger partial charge in [0.15, 0.2) is 0 Å². The third-order valence-electron chi connectivity index (χ3n) is 4.24. The van der Waals surface area contributed by atoms with Gasteiger partial charge in [-0.3, -0.25) is 9.36 Å². The van der Waals surface area contributed by atoms with E-state index in [1.54, 1.807) is 17.1 Å². The molecular formula is C18H23F2N7. The molecule has 0 atom stereocenters. The molecule has 0 aliphatic carbocycles. The van der Waals surface area contributed by atoms with Crippen LogP contribution in [0.2, 0.25) is 0 Å². The van der Waals surface area contributed by atoms with E-state index in [4.69, 9.17) is 0 Å². The Hall–Kier alpha value is -2.84. The van der Waals surface area contributed by atoms with E-state index in [1.165, 1.54) is 6.07 Å². The van der Waals surface area contributed by atoms with E-state index in [9.17, 15) is 8.78 Å². The van der Waals surface area contributed by atoms with Crippen molar-refractivity contribution < 1.29 is 8.78 Å². The smallest absolute Gasteiger partial charge is 0.280 e. The summed E-state index contributed by atoms with van der Waals surface area (Å²) in [6, 6.07) is 1.32. The summed E-state index contributed by atoms with van der Waals surface area (Å²) in [5.74, 6) is 0.162. The maximum absolute atomic E-state index is 13.3. The van der Waals surface area contributed by atoms with E-state index in [1.807, 2.05) is 24.7 Å². The summed E-state index contributed by atoms with van der Waals surface area (Å²) in [6.07, 6.45) is 3.62. The van der Waals surface area contributed by atoms with Crippen LogP contribution < -0.4 is 5.32 Å². The Morgan fingerprint density at radius 1 is 1.15 bits per heavy atom. The van der Waals surface area contributed by atoms with E-state index in [0.29, 0.717) is 18.8 Å². The molecule has 0 spiro atoms. The van der Waals surface area contributed by atoms with Crippen molar-refractivity contribution in [3.63, 3.8) is 0 Å². The summed E-state index contributed by atoms with van der Waals surface area (Å²) < 4.78 is 30.3. The van der Waals surface area contributed by atoms with Crippen LogP contribution in [-0.4, -0.2) is 29.5 Å². The molecule has 0 saturated carbocycles. The molecular weight excluding hydrogens is 352 g/mol. The van der Waals surface area contributed by atoms with Crippen LogP contribution in [-0.2, 0) is 19.6 Å². The monoisotopic (exact) mass is 375 g/mol. The fourth-order valence-corrected chi connectivity index (χ4v) is 2.84. The summed E-state index contributed by atoms with van der Waals surface area (Å²) in [6.45, 7) is 7.88. The molecule has 0 aliphatic rings. The number of hydrogen-bond acceptors (Lipinski definition) is 5. The quantitative estimate of drug-likeness (QED) is 0.648. The minimum Gasteiger partial charge on any atom is -0.350 e. The first kappa shape index (κ1) is 18.9. The largest absolute Gasteiger partial charge is 0.350 e. The van der Waals surface area contributed by atoms with Gasteiger partial charge in [0.2, 0.25) is 5.95 Å². The molecule has 27 heavy (non-hydrogen) atoms. The molecule has 7 nitrogen and oxygen atoms in total. The second-order valence-corrected chi connectivity index (χ2v) is 6.23. The molecule has 3 aromatic heterocycles. The van der Waals surface area contributed by atoms with Gasteiger partial charge < -0.3 is 5.32 Å². The minimum absolute atomic E-state index is 0.162. The number of nitrogens with zero attached hydrogens (tertiary/aromatic N) is 6. The van der Waals surface area contributed by atoms with Gasteiger partial charge in [0.25, 0.3) is 6.43 Å². The molecule has 3 heterocycles. The van der Waals surface area contributed by atoms with Gasteiger partial charge >= 0.3 is 0 Å². The van der Waals surface area contributed by atoms with Crippen LogP contribution in [0.4, 0.5) is 14.7 Å². The van der Waals surface area contributed by atoms with Crippen LogP contribution in [0.3, 0.4) is 0 Å². The highest BCUT2D eigenvalue weighted by Crippen LogP contribution is 2.26. The second kappa shape index (κ2) is 8.24. The van der Waals surface area contributed by atoms with Crippen molar-refractivity contribution in [2.45, 2.75) is 53.3 Å². The molecule has 0 aliphatic heterocycles. The fourth-order valence-electron chi connectivity index (χ4n) is 2.84. The SMILES string of the molecule is CCCn1cc(CNc2nc(-c3cnn(CC)c3C)cc(C(F)F)n2)cn1. The minimum atomic E-state index is -2.68. The van der Waals surface area contributed by atoms with Crippen molar-refractivity contribution in [3.05, 3.63) is 41.6 Å². The lowest BCUT2D eigenvalue weighted by Gasteiger charge is -2.09. The number of aromatic nitrogens is 6. The molecule has 0 unspecified atom stereocenters. The number of nitrogens with one attached hydrogen (secondary N) is 1. The first-order chi connectivity index (χ1) is 13.0. The molecule has 0 bridgehead atoms. The van der Waals surface area contributed by atoms with Crippen molar-refractivity contribution in [3.8, 4) is 11.3 Å². The topological polar surface area (TPSA) is 73.5 Å². The van der Waals surface area contributed by atoms with Gasteiger partial charge in [-0.05, 0) is 26.3 Å². The number of rotatable bonds is 8. The first-order valence-electron chi connectivity index (χ1n) is 8.96. The molecule has 0 fully saturated rings. The Morgan fingerprint density at radius 3 is 2.63 bits per heavy atom. The highest BCUT2D eigenvalue weighted by atomic mass is 19.3. The van der Waals surface area contributed by atoms with E-state index < -0.39 is 6.43 Å². The van der Waals surface area contributed by atoms with Gasteiger partial charge in [-0.25, -0.2) is 18.7 Å². The zero-order valence-electron chi connectivity index (χ0n) is 15.7. The van der Waals surface area contributed by atoms with Crippen LogP contribution >= 0.6 is 0 Å². The lowest BCUT2D eigenvalue weighted by Crippen LogP contribution is -2.07. The van der Waals surface area contributed by atoms with Crippen molar-refractivity contribution in [2.24, 2.45) is 0 Å². The van der Waals surface area contributed by atoms with Crippen LogP contribution in [0.15, 0.2) is 24.7 Å². The second-order valence-electron chi connectivity index (χ2n) is 6.23. The Morgan fingerprint density at radius 2 is 1.96 bits per heavy atom. The van der Waals surface area contributed by atoms with Crippen molar-refractivity contribution in [1.29, 1.82) is 0 Å². The molecule has 0 radical (unpaired) electrons. The van der Waals surface area contributed by atoms with Crippen molar-refractivity contribution in [2.75, 3.05) is 5.32 Å². The molecule has 0 amide bonds. The van der Waals surface area contributed by atoms with E-state index in [0.717, 1.165) is 29.8 Å². The Labute approximate surface area is 156 Å². The summed E-state index contributed by atoms with van der Waals surface area (Å²) in [4.78, 5) is 8.36. The fraction of sp³-hybridized carbons (Fsp3) is 0.444. The van der Waals surface area contributed by atoms with Gasteiger partial charge in [-0.2, -0.15) is 10.2 Å². The Kier molecular flexibility index (Phi) is 5.78. The highest BCUT2D eigenvalue weighted by Gasteiger charge is 2.17. The third-order valence-corrected chi connectivity index (χ3v) is 4.24. The Balaban J connectivity index is 1.85. The standard InChI is InChI=1S/C18H23F2N7/c1-4-6-26-11-13(9-22-26)8-21-18-24-15(7-16(25-18)17(19)20)14-10-23-27(5-2)12(14)3/h7,9-11,17H,4-6,8H2,1-3H3,(H,21,24,25). The molecule has 0 aromatic carbocycles. The molecule has 1 N–H and O–H groups in total. The summed E-state index contributed by atoms with van der Waals surface area (Å²) in [5.41, 5.74) is 2.66. The molecule has 9 heteroatoms. The number of hydrogen-bond donors (Lipinski definition) is 1. The maximum atomic E-state index is 13.3. The zero-order chi connectivity index (χ0) is 19.4. The van der Waals surface area contributed by atoms with E-state index in [-0.39, 0.29) is 11.6 Å². The van der Waals surface area contributed by atoms with Crippen molar-refractivity contribution >= 4 is 5.95 Å². The predicted octanol–water partition coefficient (Wildman–Crippen LogP) is 3.82. The lowest BCUT2D eigenvalue weighted by atomic mass is 10.1. The summed E-state index contributed by atoms with van der Waals surface area (Å²) in [5, 5.41) is 11.5. The van der Waals surface area contributed by atoms with E-state index in [2.05, 4.69) is 32.4 Å². The summed E-state index contributed by atoms with van der Waals surface area (Å²) in [7, 11) is 0. The van der Waals surface area contributed by atoms with Crippen LogP contribution in [0, 0.1) is 6.92 Å². The van der Waals surface area contributed by atoms with Crippen molar-refractivity contribution in [1.82, 2.24) is 29.5 Å². The van der Waals surface area contributed by atoms with Crippen LogP contribution in [0.5, 0.6) is 0 Å². The first-order valence-corrected chi connectivity index (χ1v) is 8.96. The van der Waals surface area contributed by atoms with Gasteiger partial charge in [0, 0.05) is 42.7 Å². The zero-order valence-corrected chi connectivity index (χ0v) is 15.7. The average Bonchev–Trinajstić information content (AvgIpc) is 3.26.